The third kappa shape index (κ3) is 4.78. The van der Waals surface area contributed by atoms with Crippen molar-refractivity contribution < 1.29 is 9.59 Å². The summed E-state index contributed by atoms with van der Waals surface area (Å²) in [6, 6.07) is 0.102. The molecule has 76 valence electrons. The average molecular weight is 185 g/mol. The Hall–Kier alpha value is -0.700. The number of ketones is 1. The second-order valence-corrected chi connectivity index (χ2v) is 3.18. The van der Waals surface area contributed by atoms with Crippen molar-refractivity contribution in [3.63, 3.8) is 0 Å². The number of carbonyl (C=O) groups is 2. The average Bonchev–Trinajstić information content (AvgIpc) is 2.05. The highest BCUT2D eigenvalue weighted by molar-refractivity contribution is 5.76. The lowest BCUT2D eigenvalue weighted by Gasteiger charge is -2.27. The summed E-state index contributed by atoms with van der Waals surface area (Å²) in [6.07, 6.45) is 1.84. The molecule has 0 radical (unpaired) electrons. The molecule has 0 heterocycles. The van der Waals surface area contributed by atoms with Crippen LogP contribution in [0.25, 0.3) is 0 Å². The Labute approximate surface area is 80.1 Å². The van der Waals surface area contributed by atoms with E-state index < -0.39 is 0 Å². The fraction of sp³-hybridized carbons (Fsp3) is 0.800. The molecule has 13 heavy (non-hydrogen) atoms. The number of rotatable bonds is 7. The highest BCUT2D eigenvalue weighted by Gasteiger charge is 2.16. The predicted octanol–water partition coefficient (Wildman–Crippen LogP) is 1.26. The number of hydrogen-bond donors (Lipinski definition) is 0. The number of nitrogens with zero attached hydrogens (tertiary/aromatic N) is 1. The standard InChI is InChI=1S/C10H19NO2/c1-4-11(5-2)10(6-7-12)8-9(3)13/h7,10H,4-6,8H2,1-3H3. The van der Waals surface area contributed by atoms with Crippen LogP contribution in [0, 0.1) is 0 Å². The van der Waals surface area contributed by atoms with E-state index in [0.29, 0.717) is 12.8 Å². The molecular formula is C10H19NO2. The van der Waals surface area contributed by atoms with Gasteiger partial charge in [0, 0.05) is 18.9 Å². The van der Waals surface area contributed by atoms with Crippen LogP contribution in [0.5, 0.6) is 0 Å². The zero-order chi connectivity index (χ0) is 10.3. The number of hydrogen-bond acceptors (Lipinski definition) is 3. The molecule has 0 aliphatic rings. The lowest BCUT2D eigenvalue weighted by Crippen LogP contribution is -2.36. The highest BCUT2D eigenvalue weighted by Crippen LogP contribution is 2.07. The molecule has 0 rings (SSSR count). The third-order valence-electron chi connectivity index (χ3n) is 2.22. The Kier molecular flexibility index (Phi) is 6.41. The van der Waals surface area contributed by atoms with E-state index in [1.165, 1.54) is 0 Å². The summed E-state index contributed by atoms with van der Waals surface area (Å²) >= 11 is 0. The molecule has 0 amide bonds. The van der Waals surface area contributed by atoms with Gasteiger partial charge < -0.3 is 9.69 Å². The Bertz CT molecular complexity index is 164. The molecule has 0 N–H and O–H groups in total. The summed E-state index contributed by atoms with van der Waals surface area (Å²) in [5, 5.41) is 0. The minimum absolute atomic E-state index is 0.102. The van der Waals surface area contributed by atoms with Crippen LogP contribution in [0.4, 0.5) is 0 Å². The van der Waals surface area contributed by atoms with Crippen LogP contribution in [0.1, 0.15) is 33.6 Å². The molecule has 0 spiro atoms. The molecule has 0 aromatic carbocycles. The van der Waals surface area contributed by atoms with Crippen LogP contribution in [-0.4, -0.2) is 36.1 Å². The smallest absolute Gasteiger partial charge is 0.131 e. The van der Waals surface area contributed by atoms with Gasteiger partial charge in [-0.3, -0.25) is 4.79 Å². The van der Waals surface area contributed by atoms with E-state index in [2.05, 4.69) is 4.90 Å². The van der Waals surface area contributed by atoms with Crippen molar-refractivity contribution in [1.82, 2.24) is 4.90 Å². The molecule has 0 saturated heterocycles. The maximum absolute atomic E-state index is 10.9. The monoisotopic (exact) mass is 185 g/mol. The van der Waals surface area contributed by atoms with Crippen LogP contribution in [0.3, 0.4) is 0 Å². The number of carbonyl (C=O) groups excluding carboxylic acids is 2. The summed E-state index contributed by atoms with van der Waals surface area (Å²) in [6.45, 7) is 7.44. The van der Waals surface area contributed by atoms with Crippen LogP contribution >= 0.6 is 0 Å². The number of aldehydes is 1. The first kappa shape index (κ1) is 12.3. The number of Topliss-reactive ketones (excluding diaryl/α,β-unsaturated/α-hetero) is 1. The van der Waals surface area contributed by atoms with Gasteiger partial charge in [0.2, 0.25) is 0 Å². The zero-order valence-corrected chi connectivity index (χ0v) is 8.75. The molecular weight excluding hydrogens is 166 g/mol. The van der Waals surface area contributed by atoms with E-state index in [0.717, 1.165) is 19.4 Å². The molecule has 3 heteroatoms. The van der Waals surface area contributed by atoms with Crippen molar-refractivity contribution in [2.75, 3.05) is 13.1 Å². The van der Waals surface area contributed by atoms with Crippen molar-refractivity contribution in [2.24, 2.45) is 0 Å². The Morgan fingerprint density at radius 3 is 2.23 bits per heavy atom. The topological polar surface area (TPSA) is 37.4 Å². The van der Waals surface area contributed by atoms with Gasteiger partial charge in [0.05, 0.1) is 0 Å². The second kappa shape index (κ2) is 6.78. The Morgan fingerprint density at radius 1 is 1.38 bits per heavy atom. The van der Waals surface area contributed by atoms with E-state index in [1.54, 1.807) is 6.92 Å². The molecule has 0 saturated carbocycles. The van der Waals surface area contributed by atoms with Crippen molar-refractivity contribution in [3.05, 3.63) is 0 Å². The fourth-order valence-electron chi connectivity index (χ4n) is 1.54. The summed E-state index contributed by atoms with van der Waals surface area (Å²) in [5.74, 6) is 0.152. The van der Waals surface area contributed by atoms with Gasteiger partial charge in [-0.15, -0.1) is 0 Å². The highest BCUT2D eigenvalue weighted by atomic mass is 16.1. The van der Waals surface area contributed by atoms with Gasteiger partial charge in [-0.1, -0.05) is 13.8 Å². The quantitative estimate of drug-likeness (QED) is 0.560. The van der Waals surface area contributed by atoms with Gasteiger partial charge in [-0.2, -0.15) is 0 Å². The zero-order valence-electron chi connectivity index (χ0n) is 8.75. The summed E-state index contributed by atoms with van der Waals surface area (Å²) in [7, 11) is 0. The maximum atomic E-state index is 10.9. The van der Waals surface area contributed by atoms with E-state index in [4.69, 9.17) is 0 Å². The van der Waals surface area contributed by atoms with Crippen molar-refractivity contribution >= 4 is 12.1 Å². The molecule has 0 aromatic heterocycles. The lowest BCUT2D eigenvalue weighted by molar-refractivity contribution is -0.118. The first-order chi connectivity index (χ1) is 6.15. The molecule has 1 atom stereocenters. The van der Waals surface area contributed by atoms with E-state index in [1.807, 2.05) is 13.8 Å². The SMILES string of the molecule is CCN(CC)C(CC=O)CC(C)=O. The lowest BCUT2D eigenvalue weighted by atomic mass is 10.1. The first-order valence-corrected chi connectivity index (χ1v) is 4.82. The molecule has 0 fully saturated rings. The molecule has 0 aliphatic carbocycles. The first-order valence-electron chi connectivity index (χ1n) is 4.82. The van der Waals surface area contributed by atoms with Crippen molar-refractivity contribution in [3.8, 4) is 0 Å². The fourth-order valence-corrected chi connectivity index (χ4v) is 1.54. The van der Waals surface area contributed by atoms with Crippen LogP contribution in [0.2, 0.25) is 0 Å². The van der Waals surface area contributed by atoms with E-state index >= 15 is 0 Å². The minimum Gasteiger partial charge on any atom is -0.303 e. The molecule has 0 aliphatic heterocycles. The molecule has 1 unspecified atom stereocenters. The largest absolute Gasteiger partial charge is 0.303 e. The van der Waals surface area contributed by atoms with E-state index in [9.17, 15) is 9.59 Å². The Balaban J connectivity index is 4.18. The maximum Gasteiger partial charge on any atom is 0.131 e. The summed E-state index contributed by atoms with van der Waals surface area (Å²) in [5.41, 5.74) is 0. The third-order valence-corrected chi connectivity index (χ3v) is 2.22. The molecule has 0 aromatic rings. The van der Waals surface area contributed by atoms with Crippen LogP contribution in [0.15, 0.2) is 0 Å². The van der Waals surface area contributed by atoms with Crippen LogP contribution in [-0.2, 0) is 9.59 Å². The second-order valence-electron chi connectivity index (χ2n) is 3.18. The summed E-state index contributed by atoms with van der Waals surface area (Å²) in [4.78, 5) is 23.5. The van der Waals surface area contributed by atoms with Gasteiger partial charge in [-0.05, 0) is 20.0 Å². The van der Waals surface area contributed by atoms with Gasteiger partial charge >= 0.3 is 0 Å². The van der Waals surface area contributed by atoms with Gasteiger partial charge in [-0.25, -0.2) is 0 Å². The summed E-state index contributed by atoms with van der Waals surface area (Å²) < 4.78 is 0. The minimum atomic E-state index is 0.102. The predicted molar refractivity (Wildman–Crippen MR) is 52.7 cm³/mol. The molecule has 0 bridgehead atoms. The van der Waals surface area contributed by atoms with Crippen molar-refractivity contribution in [2.45, 2.75) is 39.7 Å². The van der Waals surface area contributed by atoms with Gasteiger partial charge in [0.1, 0.15) is 12.1 Å². The van der Waals surface area contributed by atoms with E-state index in [-0.39, 0.29) is 11.8 Å². The van der Waals surface area contributed by atoms with Crippen molar-refractivity contribution in [1.29, 1.82) is 0 Å². The Morgan fingerprint density at radius 2 is 1.92 bits per heavy atom. The van der Waals surface area contributed by atoms with Gasteiger partial charge in [0.15, 0.2) is 0 Å². The molecule has 3 nitrogen and oxygen atoms in total. The van der Waals surface area contributed by atoms with Crippen LogP contribution < -0.4 is 0 Å². The van der Waals surface area contributed by atoms with Gasteiger partial charge in [0.25, 0.3) is 0 Å². The normalized spacial score (nSPS) is 12.9.